The van der Waals surface area contributed by atoms with Crippen LogP contribution in [0.25, 0.3) is 11.4 Å². The number of alkyl halides is 2. The van der Waals surface area contributed by atoms with Crippen LogP contribution in [0.3, 0.4) is 0 Å². The molecule has 0 amide bonds. The molecule has 0 aliphatic heterocycles. The Labute approximate surface area is 185 Å². The van der Waals surface area contributed by atoms with Gasteiger partial charge in [0.05, 0.1) is 13.2 Å². The molecule has 31 heavy (non-hydrogen) atoms. The fraction of sp³-hybridized carbons (Fsp3) is 0.600. The molecule has 0 fully saturated rings. The second-order valence-corrected chi connectivity index (χ2v) is 7.88. The van der Waals surface area contributed by atoms with E-state index in [2.05, 4.69) is 11.9 Å². The quantitative estimate of drug-likeness (QED) is 0.282. The van der Waals surface area contributed by atoms with E-state index in [4.69, 9.17) is 14.5 Å². The lowest BCUT2D eigenvalue weighted by Gasteiger charge is -2.10. The van der Waals surface area contributed by atoms with Crippen molar-refractivity contribution in [3.05, 3.63) is 42.2 Å². The fourth-order valence-electron chi connectivity index (χ4n) is 3.11. The van der Waals surface area contributed by atoms with E-state index in [0.717, 1.165) is 48.5 Å². The van der Waals surface area contributed by atoms with Crippen molar-refractivity contribution in [3.8, 4) is 17.1 Å². The van der Waals surface area contributed by atoms with Crippen LogP contribution >= 0.6 is 0 Å². The van der Waals surface area contributed by atoms with E-state index in [-0.39, 0.29) is 6.61 Å². The number of nitrogens with zero attached hydrogens (tertiary/aromatic N) is 2. The van der Waals surface area contributed by atoms with Crippen molar-refractivity contribution in [1.82, 2.24) is 9.97 Å². The minimum Gasteiger partial charge on any atom is -0.494 e. The van der Waals surface area contributed by atoms with E-state index in [1.807, 2.05) is 36.5 Å². The van der Waals surface area contributed by atoms with Gasteiger partial charge < -0.3 is 9.47 Å². The first-order valence-corrected chi connectivity index (χ1v) is 11.5. The Morgan fingerprint density at radius 3 is 2.39 bits per heavy atom. The number of ether oxygens (including phenoxy) is 2. The highest BCUT2D eigenvalue weighted by atomic mass is 19.2. The predicted octanol–water partition coefficient (Wildman–Crippen LogP) is 6.53. The van der Waals surface area contributed by atoms with Crippen molar-refractivity contribution >= 4 is 0 Å². The van der Waals surface area contributed by atoms with Crippen molar-refractivity contribution < 1.29 is 18.3 Å². The minimum absolute atomic E-state index is 0.192. The molecule has 1 aromatic carbocycles. The highest BCUT2D eigenvalue weighted by Crippen LogP contribution is 2.20. The molecule has 0 saturated heterocycles. The van der Waals surface area contributed by atoms with Crippen molar-refractivity contribution in [2.45, 2.75) is 77.6 Å². The molecule has 4 nitrogen and oxygen atoms in total. The van der Waals surface area contributed by atoms with Crippen LogP contribution in [0.1, 0.15) is 64.5 Å². The van der Waals surface area contributed by atoms with Crippen molar-refractivity contribution in [3.63, 3.8) is 0 Å². The molecule has 0 saturated carbocycles. The summed E-state index contributed by atoms with van der Waals surface area (Å²) < 4.78 is 36.6. The lowest BCUT2D eigenvalue weighted by molar-refractivity contribution is 0.0442. The van der Waals surface area contributed by atoms with Gasteiger partial charge in [0.25, 0.3) is 0 Å². The summed E-state index contributed by atoms with van der Waals surface area (Å²) in [6.45, 7) is 4.19. The standard InChI is InChI=1S/C25H36F2N2O2/c1-3-4-5-6-7-10-22-15-16-28-25(29-22)21-11-13-23(14-12-21)31-18-9-8-17-30-19-24(27)20(2)26/h11-16,20,24H,3-10,17-19H2,1-2H3/t20-,24-/m1/s1. The Kier molecular flexibility index (Phi) is 12.1. The first kappa shape index (κ1) is 25.2. The third kappa shape index (κ3) is 10.2. The Balaban J connectivity index is 1.69. The summed E-state index contributed by atoms with van der Waals surface area (Å²) in [7, 11) is 0. The molecule has 1 heterocycles. The van der Waals surface area contributed by atoms with E-state index in [1.54, 1.807) is 0 Å². The van der Waals surface area contributed by atoms with Crippen LogP contribution < -0.4 is 4.74 Å². The third-order valence-electron chi connectivity index (χ3n) is 5.09. The summed E-state index contributed by atoms with van der Waals surface area (Å²) in [4.78, 5) is 9.11. The molecule has 0 unspecified atom stereocenters. The van der Waals surface area contributed by atoms with Gasteiger partial charge in [0.15, 0.2) is 12.0 Å². The van der Waals surface area contributed by atoms with E-state index >= 15 is 0 Å². The van der Waals surface area contributed by atoms with Crippen molar-refractivity contribution in [2.75, 3.05) is 19.8 Å². The molecule has 1 aromatic heterocycles. The lowest BCUT2D eigenvalue weighted by atomic mass is 10.1. The maximum absolute atomic E-state index is 13.1. The zero-order valence-electron chi connectivity index (χ0n) is 18.9. The summed E-state index contributed by atoms with van der Waals surface area (Å²) in [6.07, 6.45) is 7.57. The van der Waals surface area contributed by atoms with Crippen LogP contribution in [0, 0.1) is 0 Å². The topological polar surface area (TPSA) is 44.2 Å². The smallest absolute Gasteiger partial charge is 0.159 e. The second-order valence-electron chi connectivity index (χ2n) is 7.88. The van der Waals surface area contributed by atoms with Crippen LogP contribution in [-0.4, -0.2) is 42.1 Å². The van der Waals surface area contributed by atoms with Crippen LogP contribution in [-0.2, 0) is 11.2 Å². The Morgan fingerprint density at radius 2 is 1.65 bits per heavy atom. The first-order valence-electron chi connectivity index (χ1n) is 11.5. The van der Waals surface area contributed by atoms with Crippen molar-refractivity contribution in [1.29, 1.82) is 0 Å². The average molecular weight is 435 g/mol. The largest absolute Gasteiger partial charge is 0.494 e. The van der Waals surface area contributed by atoms with E-state index in [0.29, 0.717) is 13.2 Å². The van der Waals surface area contributed by atoms with Gasteiger partial charge >= 0.3 is 0 Å². The second kappa shape index (κ2) is 14.8. The number of aromatic nitrogens is 2. The van der Waals surface area contributed by atoms with Gasteiger partial charge in [-0.15, -0.1) is 0 Å². The number of unbranched alkanes of at least 4 members (excludes halogenated alkanes) is 5. The van der Waals surface area contributed by atoms with Crippen LogP contribution in [0.4, 0.5) is 8.78 Å². The summed E-state index contributed by atoms with van der Waals surface area (Å²) >= 11 is 0. The van der Waals surface area contributed by atoms with Gasteiger partial charge in [0.2, 0.25) is 0 Å². The monoisotopic (exact) mass is 434 g/mol. The molecule has 0 N–H and O–H groups in total. The van der Waals surface area contributed by atoms with Gasteiger partial charge in [-0.05, 0) is 62.9 Å². The molecule has 0 aliphatic carbocycles. The molecule has 0 spiro atoms. The van der Waals surface area contributed by atoms with Gasteiger partial charge in [-0.3, -0.25) is 0 Å². The van der Waals surface area contributed by atoms with Crippen LogP contribution in [0.15, 0.2) is 36.5 Å². The number of hydrogen-bond acceptors (Lipinski definition) is 4. The molecule has 0 bridgehead atoms. The molecular weight excluding hydrogens is 398 g/mol. The van der Waals surface area contributed by atoms with Gasteiger partial charge in [-0.25, -0.2) is 18.7 Å². The fourth-order valence-corrected chi connectivity index (χ4v) is 3.11. The number of halogens is 2. The molecule has 0 radical (unpaired) electrons. The molecule has 172 valence electrons. The highest BCUT2D eigenvalue weighted by molar-refractivity contribution is 5.56. The summed E-state index contributed by atoms with van der Waals surface area (Å²) in [5.74, 6) is 1.52. The number of benzene rings is 1. The van der Waals surface area contributed by atoms with Crippen molar-refractivity contribution in [2.24, 2.45) is 0 Å². The van der Waals surface area contributed by atoms with E-state index in [9.17, 15) is 8.78 Å². The lowest BCUT2D eigenvalue weighted by Crippen LogP contribution is -2.20. The molecule has 2 atom stereocenters. The maximum Gasteiger partial charge on any atom is 0.159 e. The molecule has 0 aliphatic rings. The Morgan fingerprint density at radius 1 is 0.903 bits per heavy atom. The number of hydrogen-bond donors (Lipinski definition) is 0. The van der Waals surface area contributed by atoms with Gasteiger partial charge in [0.1, 0.15) is 11.9 Å². The van der Waals surface area contributed by atoms with E-state index in [1.165, 1.54) is 32.6 Å². The summed E-state index contributed by atoms with van der Waals surface area (Å²) in [6, 6.07) is 9.78. The highest BCUT2D eigenvalue weighted by Gasteiger charge is 2.14. The van der Waals surface area contributed by atoms with Gasteiger partial charge in [0, 0.05) is 24.1 Å². The van der Waals surface area contributed by atoms with E-state index < -0.39 is 12.3 Å². The van der Waals surface area contributed by atoms with Crippen LogP contribution in [0.2, 0.25) is 0 Å². The zero-order chi connectivity index (χ0) is 22.3. The van der Waals surface area contributed by atoms with Gasteiger partial charge in [-0.1, -0.05) is 32.6 Å². The number of rotatable bonds is 16. The Bertz CT molecular complexity index is 726. The average Bonchev–Trinajstić information content (AvgIpc) is 2.78. The first-order chi connectivity index (χ1) is 15.1. The molecule has 2 rings (SSSR count). The third-order valence-corrected chi connectivity index (χ3v) is 5.09. The molecular formula is C25H36F2N2O2. The SMILES string of the molecule is CCCCCCCc1ccnc(-c2ccc(OCCCCOC[C@@H](F)[C@@H](C)F)cc2)n1. The summed E-state index contributed by atoms with van der Waals surface area (Å²) in [5, 5.41) is 0. The maximum atomic E-state index is 13.1. The zero-order valence-corrected chi connectivity index (χ0v) is 18.9. The Hall–Kier alpha value is -2.08. The van der Waals surface area contributed by atoms with Crippen LogP contribution in [0.5, 0.6) is 5.75 Å². The summed E-state index contributed by atoms with van der Waals surface area (Å²) in [5.41, 5.74) is 2.06. The predicted molar refractivity (Wildman–Crippen MR) is 121 cm³/mol. The minimum atomic E-state index is -1.55. The molecule has 2 aromatic rings. The number of aryl methyl sites for hydroxylation is 1. The normalized spacial score (nSPS) is 13.2. The van der Waals surface area contributed by atoms with Gasteiger partial charge in [-0.2, -0.15) is 0 Å². The molecule has 6 heteroatoms.